The van der Waals surface area contributed by atoms with Gasteiger partial charge in [-0.25, -0.2) is 0 Å². The van der Waals surface area contributed by atoms with Gasteiger partial charge in [0, 0.05) is 0 Å². The van der Waals surface area contributed by atoms with Gasteiger partial charge in [-0.05, 0) is 24.7 Å². The predicted molar refractivity (Wildman–Crippen MR) is 70.7 cm³/mol. The van der Waals surface area contributed by atoms with Crippen LogP contribution in [0, 0.1) is 11.3 Å². The first-order valence-corrected chi connectivity index (χ1v) is 6.03. The lowest BCUT2D eigenvalue weighted by Gasteiger charge is -1.91. The highest BCUT2D eigenvalue weighted by atomic mass is 14.5. The van der Waals surface area contributed by atoms with Gasteiger partial charge in [0.25, 0.3) is 0 Å². The Morgan fingerprint density at radius 3 is 1.36 bits per heavy atom. The van der Waals surface area contributed by atoms with Crippen molar-refractivity contribution in [3.05, 3.63) is 12.7 Å². The average molecular weight is 200 g/mol. The molecule has 1 saturated carbocycles. The molecule has 0 bridgehead atoms. The van der Waals surface area contributed by atoms with Gasteiger partial charge in [-0.15, -0.1) is 6.58 Å². The van der Waals surface area contributed by atoms with Crippen molar-refractivity contribution < 1.29 is 0 Å². The van der Waals surface area contributed by atoms with Crippen LogP contribution in [-0.2, 0) is 0 Å². The van der Waals surface area contributed by atoms with Gasteiger partial charge in [-0.3, -0.25) is 0 Å². The Labute approximate surface area is 92.8 Å². The summed E-state index contributed by atoms with van der Waals surface area (Å²) in [5.74, 6) is 0.998. The van der Waals surface area contributed by atoms with E-state index in [2.05, 4.69) is 41.2 Å². The van der Waals surface area contributed by atoms with Crippen LogP contribution in [0.25, 0.3) is 0 Å². The molecule has 0 amide bonds. The van der Waals surface area contributed by atoms with E-state index in [9.17, 15) is 0 Å². The van der Waals surface area contributed by atoms with Crippen LogP contribution in [-0.4, -0.2) is 0 Å². The largest absolute Gasteiger partial charge is 0.103 e. The summed E-state index contributed by atoms with van der Waals surface area (Å²) < 4.78 is 0. The highest BCUT2D eigenvalue weighted by molar-refractivity contribution is 4.91. The predicted octanol–water partition coefficient (Wildman–Crippen LogP) is 5.69. The molecule has 1 aliphatic rings. The third-order valence-electron chi connectivity index (χ3n) is 2.01. The molecule has 0 aliphatic heterocycles. The molecular formula is C14H32. The van der Waals surface area contributed by atoms with Crippen molar-refractivity contribution in [1.82, 2.24) is 0 Å². The zero-order chi connectivity index (χ0) is 12.2. The van der Waals surface area contributed by atoms with Gasteiger partial charge in [0.2, 0.25) is 0 Å². The van der Waals surface area contributed by atoms with Gasteiger partial charge in [0.05, 0.1) is 0 Å². The maximum atomic E-state index is 3.36. The van der Waals surface area contributed by atoms with Gasteiger partial charge in [0.1, 0.15) is 0 Å². The second kappa shape index (κ2) is 12.7. The summed E-state index contributed by atoms with van der Waals surface area (Å²) in [6, 6.07) is 0. The fourth-order valence-electron chi connectivity index (χ4n) is 0.730. The minimum atomic E-state index is 0.708. The fourth-order valence-corrected chi connectivity index (χ4v) is 0.730. The van der Waals surface area contributed by atoms with Crippen molar-refractivity contribution in [2.75, 3.05) is 0 Å². The minimum absolute atomic E-state index is 0.708. The summed E-state index contributed by atoms with van der Waals surface area (Å²) >= 11 is 0. The third-order valence-corrected chi connectivity index (χ3v) is 2.01. The van der Waals surface area contributed by atoms with Crippen molar-refractivity contribution in [1.29, 1.82) is 0 Å². The summed E-state index contributed by atoms with van der Waals surface area (Å²) in [6.45, 7) is 20.4. The summed E-state index contributed by atoms with van der Waals surface area (Å²) in [6.07, 6.45) is 4.44. The molecule has 0 heteroatoms. The summed E-state index contributed by atoms with van der Waals surface area (Å²) in [7, 11) is 0. The maximum Gasteiger partial charge on any atom is -0.0326 e. The molecule has 0 aromatic heterocycles. The molecular weight excluding hydrogens is 168 g/mol. The molecule has 0 nitrogen and oxygen atoms in total. The van der Waals surface area contributed by atoms with E-state index in [-0.39, 0.29) is 0 Å². The van der Waals surface area contributed by atoms with Gasteiger partial charge in [-0.1, -0.05) is 61.0 Å². The molecule has 0 aromatic rings. The van der Waals surface area contributed by atoms with Gasteiger partial charge < -0.3 is 0 Å². The van der Waals surface area contributed by atoms with E-state index in [1.165, 1.54) is 12.8 Å². The summed E-state index contributed by atoms with van der Waals surface area (Å²) in [5, 5.41) is 0. The minimum Gasteiger partial charge on any atom is -0.103 e. The van der Waals surface area contributed by atoms with Crippen molar-refractivity contribution >= 4 is 0 Å². The second-order valence-electron chi connectivity index (χ2n) is 4.21. The molecule has 1 unspecified atom stereocenters. The number of rotatable bonds is 0. The van der Waals surface area contributed by atoms with Crippen molar-refractivity contribution in [3.8, 4) is 0 Å². The lowest BCUT2D eigenvalue weighted by molar-refractivity contribution is 0.586. The van der Waals surface area contributed by atoms with Crippen LogP contribution in [0.15, 0.2) is 12.7 Å². The Hall–Kier alpha value is -0.260. The third kappa shape index (κ3) is 17.7. The Kier molecular flexibility index (Phi) is 17.6. The van der Waals surface area contributed by atoms with Crippen molar-refractivity contribution in [3.63, 3.8) is 0 Å². The lowest BCUT2D eigenvalue weighted by atomic mass is 10.1. The van der Waals surface area contributed by atoms with Gasteiger partial charge in [-0.2, -0.15) is 0 Å². The van der Waals surface area contributed by atoms with Crippen LogP contribution in [0.5, 0.6) is 0 Å². The summed E-state index contributed by atoms with van der Waals surface area (Å²) in [4.78, 5) is 0. The Morgan fingerprint density at radius 2 is 1.36 bits per heavy atom. The quantitative estimate of drug-likeness (QED) is 0.441. The number of hydrogen-bond donors (Lipinski definition) is 0. The van der Waals surface area contributed by atoms with E-state index in [1.54, 1.807) is 6.08 Å². The first kappa shape index (κ1) is 19.3. The van der Waals surface area contributed by atoms with E-state index in [4.69, 9.17) is 0 Å². The molecule has 0 N–H and O–H groups in total. The molecule has 88 valence electrons. The van der Waals surface area contributed by atoms with Crippen LogP contribution in [0.1, 0.15) is 68.2 Å². The molecule has 1 fully saturated rings. The van der Waals surface area contributed by atoms with E-state index in [1.807, 2.05) is 20.8 Å². The Balaban J connectivity index is -0.000000132. The summed E-state index contributed by atoms with van der Waals surface area (Å²) in [5.41, 5.74) is 0.708. The van der Waals surface area contributed by atoms with Gasteiger partial charge >= 0.3 is 0 Å². The molecule has 1 aliphatic carbocycles. The average Bonchev–Trinajstić information content (AvgIpc) is 2.63. The van der Waals surface area contributed by atoms with E-state index < -0.39 is 0 Å². The van der Waals surface area contributed by atoms with Crippen LogP contribution in [0.2, 0.25) is 0 Å². The first-order valence-electron chi connectivity index (χ1n) is 6.03. The molecule has 0 heterocycles. The Bertz CT molecular complexity index is 101. The van der Waals surface area contributed by atoms with Gasteiger partial charge in [0.15, 0.2) is 0 Å². The zero-order valence-electron chi connectivity index (χ0n) is 11.8. The molecule has 0 aromatic carbocycles. The Morgan fingerprint density at radius 1 is 1.29 bits per heavy atom. The molecule has 0 radical (unpaired) electrons. The molecule has 1 rings (SSSR count). The van der Waals surface area contributed by atoms with Crippen LogP contribution >= 0.6 is 0 Å². The highest BCUT2D eigenvalue weighted by Crippen LogP contribution is 2.50. The van der Waals surface area contributed by atoms with Crippen LogP contribution < -0.4 is 0 Å². The van der Waals surface area contributed by atoms with E-state index in [0.717, 1.165) is 5.92 Å². The van der Waals surface area contributed by atoms with E-state index in [0.29, 0.717) is 5.41 Å². The number of hydrogen-bond acceptors (Lipinski definition) is 0. The topological polar surface area (TPSA) is 0 Å². The fraction of sp³-hybridized carbons (Fsp3) is 0.857. The molecule has 0 spiro atoms. The molecule has 14 heavy (non-hydrogen) atoms. The molecule has 0 saturated heterocycles. The SMILES string of the molecule is C=CC.CC.CC1CC1(C)C.CCC. The second-order valence-corrected chi connectivity index (χ2v) is 4.21. The van der Waals surface area contributed by atoms with Crippen LogP contribution in [0.3, 0.4) is 0 Å². The van der Waals surface area contributed by atoms with E-state index >= 15 is 0 Å². The standard InChI is InChI=1S/C6H12.C3H8.C3H6.C2H6/c1-5-4-6(5,2)3;2*1-3-2;1-2/h5H,4H2,1-3H3;3H2,1-2H3;3H,1H2,2H3;1-2H3. The van der Waals surface area contributed by atoms with Crippen molar-refractivity contribution in [2.45, 2.75) is 68.2 Å². The zero-order valence-corrected chi connectivity index (χ0v) is 11.8. The van der Waals surface area contributed by atoms with Crippen LogP contribution in [0.4, 0.5) is 0 Å². The number of allylic oxidation sites excluding steroid dienone is 1. The smallest absolute Gasteiger partial charge is 0.0326 e. The first-order chi connectivity index (χ1) is 6.46. The molecule has 1 atom stereocenters. The monoisotopic (exact) mass is 200 g/mol. The highest BCUT2D eigenvalue weighted by Gasteiger charge is 2.41. The van der Waals surface area contributed by atoms with Crippen molar-refractivity contribution in [2.24, 2.45) is 11.3 Å². The lowest BCUT2D eigenvalue weighted by Crippen LogP contribution is -1.82. The normalized spacial score (nSPS) is 19.6. The maximum absolute atomic E-state index is 3.36.